The topological polar surface area (TPSA) is 52.6 Å². The first kappa shape index (κ1) is 15.1. The number of unbranched alkanes of at least 4 members (excludes halogenated alkanes) is 1. The summed E-state index contributed by atoms with van der Waals surface area (Å²) < 4.78 is 31.4. The van der Waals surface area contributed by atoms with E-state index in [1.807, 2.05) is 0 Å². The molecule has 0 aliphatic heterocycles. The summed E-state index contributed by atoms with van der Waals surface area (Å²) in [5.41, 5.74) is 0. The second-order valence-corrected chi connectivity index (χ2v) is 9.31. The lowest BCUT2D eigenvalue weighted by molar-refractivity contribution is 0.271. The lowest BCUT2D eigenvalue weighted by atomic mass is 10.3. The Hall–Kier alpha value is 0.0869. The number of hydrogen-bond donors (Lipinski definition) is 0. The Labute approximate surface area is 95.4 Å². The van der Waals surface area contributed by atoms with Gasteiger partial charge in [-0.2, -0.15) is 8.42 Å². The Kier molecular flexibility index (Phi) is 6.66. The van der Waals surface area contributed by atoms with Crippen molar-refractivity contribution in [2.45, 2.75) is 38.7 Å². The van der Waals surface area contributed by atoms with Crippen molar-refractivity contribution in [2.75, 3.05) is 19.5 Å². The molecule has 0 aromatic carbocycles. The normalized spacial score (nSPS) is 13.9. The van der Waals surface area contributed by atoms with Gasteiger partial charge in [0, 0.05) is 6.61 Å². The van der Waals surface area contributed by atoms with Gasteiger partial charge in [-0.05, 0) is 17.9 Å². The van der Waals surface area contributed by atoms with Gasteiger partial charge in [0.25, 0.3) is 10.1 Å². The van der Waals surface area contributed by atoms with Crippen LogP contribution in [-0.2, 0) is 18.7 Å². The summed E-state index contributed by atoms with van der Waals surface area (Å²) in [6.07, 6.45) is 2.65. The summed E-state index contributed by atoms with van der Waals surface area (Å²) in [5, 5.41) is 0.323. The van der Waals surface area contributed by atoms with Crippen LogP contribution in [-0.4, -0.2) is 37.7 Å². The lowest BCUT2D eigenvalue weighted by Crippen LogP contribution is -2.13. The molecule has 0 saturated heterocycles. The highest BCUT2D eigenvalue weighted by atomic mass is 32.2. The van der Waals surface area contributed by atoms with Crippen molar-refractivity contribution in [3.8, 4) is 0 Å². The van der Waals surface area contributed by atoms with Crippen molar-refractivity contribution < 1.29 is 17.0 Å². The Morgan fingerprint density at radius 3 is 2.13 bits per heavy atom. The molecule has 0 unspecified atom stereocenters. The van der Waals surface area contributed by atoms with Gasteiger partial charge in [-0.3, -0.25) is 4.18 Å². The molecule has 0 radical (unpaired) electrons. The highest BCUT2D eigenvalue weighted by Crippen LogP contribution is 2.19. The van der Waals surface area contributed by atoms with Crippen molar-refractivity contribution >= 4 is 19.9 Å². The molecule has 0 rings (SSSR count). The van der Waals surface area contributed by atoms with E-state index in [0.29, 0.717) is 5.04 Å². The molecule has 0 spiro atoms. The predicted octanol–water partition coefficient (Wildman–Crippen LogP) is 1.06. The third-order valence-electron chi connectivity index (χ3n) is 1.52. The quantitative estimate of drug-likeness (QED) is 0.387. The average molecular weight is 254 g/mol. The fourth-order valence-electron chi connectivity index (χ4n) is 0.895. The monoisotopic (exact) mass is 254 g/mol. The zero-order valence-electron chi connectivity index (χ0n) is 10.1. The maximum Gasteiger partial charge on any atom is 0.264 e. The van der Waals surface area contributed by atoms with E-state index in [1.165, 1.54) is 0 Å². The van der Waals surface area contributed by atoms with Crippen LogP contribution in [0.15, 0.2) is 0 Å². The summed E-state index contributed by atoms with van der Waals surface area (Å²) in [4.78, 5) is 0. The van der Waals surface area contributed by atoms with Crippen molar-refractivity contribution in [3.63, 3.8) is 0 Å². The van der Waals surface area contributed by atoms with Crippen LogP contribution < -0.4 is 0 Å². The van der Waals surface area contributed by atoms with E-state index in [4.69, 9.17) is 4.43 Å². The van der Waals surface area contributed by atoms with Crippen molar-refractivity contribution in [1.82, 2.24) is 0 Å². The molecule has 6 heteroatoms. The molecular weight excluding hydrogens is 232 g/mol. The highest BCUT2D eigenvalue weighted by molar-refractivity contribution is 7.85. The molecule has 0 heterocycles. The van der Waals surface area contributed by atoms with Crippen molar-refractivity contribution in [2.24, 2.45) is 0 Å². The summed E-state index contributed by atoms with van der Waals surface area (Å²) in [7, 11) is -3.74. The van der Waals surface area contributed by atoms with Gasteiger partial charge in [-0.1, -0.05) is 20.8 Å². The van der Waals surface area contributed by atoms with Gasteiger partial charge in [-0.15, -0.1) is 0 Å². The molecule has 0 N–H and O–H groups in total. The summed E-state index contributed by atoms with van der Waals surface area (Å²) in [6.45, 7) is 7.50. The molecule has 0 atom stereocenters. The molecule has 0 aromatic heterocycles. The van der Waals surface area contributed by atoms with E-state index in [0.717, 1.165) is 25.7 Å². The van der Waals surface area contributed by atoms with E-state index in [9.17, 15) is 8.42 Å². The summed E-state index contributed by atoms with van der Waals surface area (Å²) in [6, 6.07) is 0. The molecular formula is C9H22O4SSi. The summed E-state index contributed by atoms with van der Waals surface area (Å²) >= 11 is 0. The van der Waals surface area contributed by atoms with Crippen LogP contribution in [0.25, 0.3) is 0 Å². The van der Waals surface area contributed by atoms with Gasteiger partial charge in [0.05, 0.1) is 12.9 Å². The summed E-state index contributed by atoms with van der Waals surface area (Å²) in [5.74, 6) is 0. The van der Waals surface area contributed by atoms with E-state index in [1.54, 1.807) is 0 Å². The first-order valence-electron chi connectivity index (χ1n) is 5.13. The molecule has 15 heavy (non-hydrogen) atoms. The van der Waals surface area contributed by atoms with Crippen LogP contribution in [0.1, 0.15) is 33.6 Å². The van der Waals surface area contributed by atoms with Crippen LogP contribution in [0.3, 0.4) is 0 Å². The molecule has 92 valence electrons. The third-order valence-corrected chi connectivity index (χ3v) is 3.47. The van der Waals surface area contributed by atoms with Crippen LogP contribution >= 0.6 is 0 Å². The van der Waals surface area contributed by atoms with Crippen LogP contribution in [0.2, 0.25) is 5.04 Å². The van der Waals surface area contributed by atoms with Gasteiger partial charge < -0.3 is 4.43 Å². The van der Waals surface area contributed by atoms with Crippen LogP contribution in [0.5, 0.6) is 0 Å². The maximum absolute atomic E-state index is 10.6. The Morgan fingerprint density at radius 2 is 1.67 bits per heavy atom. The second kappa shape index (κ2) is 6.62. The average Bonchev–Trinajstić information content (AvgIpc) is 1.98. The van der Waals surface area contributed by atoms with Gasteiger partial charge in [0.15, 0.2) is 9.76 Å². The molecule has 0 amide bonds. The smallest absolute Gasteiger partial charge is 0.264 e. The Morgan fingerprint density at radius 1 is 1.13 bits per heavy atom. The predicted molar refractivity (Wildman–Crippen MR) is 64.2 cm³/mol. The minimum atomic E-state index is -3.27. The molecule has 0 aliphatic carbocycles. The first-order valence-corrected chi connectivity index (χ1v) is 8.23. The SMILES string of the molecule is CC(C)(C)[SiH2]OCCCCOS(C)(=O)=O. The second-order valence-electron chi connectivity index (χ2n) is 4.85. The van der Waals surface area contributed by atoms with E-state index in [-0.39, 0.29) is 6.61 Å². The van der Waals surface area contributed by atoms with Crippen molar-refractivity contribution in [3.05, 3.63) is 0 Å². The van der Waals surface area contributed by atoms with Crippen molar-refractivity contribution in [1.29, 1.82) is 0 Å². The zero-order valence-corrected chi connectivity index (χ0v) is 12.3. The zero-order chi connectivity index (χ0) is 11.9. The molecule has 0 fully saturated rings. The molecule has 0 aliphatic rings. The Balaban J connectivity index is 3.27. The van der Waals surface area contributed by atoms with Crippen LogP contribution in [0, 0.1) is 0 Å². The Bertz CT molecular complexity index is 256. The number of rotatable bonds is 7. The van der Waals surface area contributed by atoms with Gasteiger partial charge >= 0.3 is 0 Å². The lowest BCUT2D eigenvalue weighted by Gasteiger charge is -2.16. The van der Waals surface area contributed by atoms with E-state index < -0.39 is 19.9 Å². The van der Waals surface area contributed by atoms with Gasteiger partial charge in [-0.25, -0.2) is 0 Å². The van der Waals surface area contributed by atoms with E-state index in [2.05, 4.69) is 25.0 Å². The number of hydrogen-bond acceptors (Lipinski definition) is 4. The molecule has 0 aromatic rings. The minimum Gasteiger partial charge on any atom is -0.423 e. The third kappa shape index (κ3) is 14.1. The maximum atomic E-state index is 10.6. The van der Waals surface area contributed by atoms with Gasteiger partial charge in [0.1, 0.15) is 0 Å². The van der Waals surface area contributed by atoms with E-state index >= 15 is 0 Å². The fourth-order valence-corrected chi connectivity index (χ4v) is 2.28. The molecule has 4 nitrogen and oxygen atoms in total. The molecule has 0 bridgehead atoms. The minimum absolute atomic E-state index is 0.263. The largest absolute Gasteiger partial charge is 0.423 e. The van der Waals surface area contributed by atoms with Crippen LogP contribution in [0.4, 0.5) is 0 Å². The molecule has 0 saturated carbocycles. The fraction of sp³-hybridized carbons (Fsp3) is 1.00. The van der Waals surface area contributed by atoms with Gasteiger partial charge in [0.2, 0.25) is 0 Å². The highest BCUT2D eigenvalue weighted by Gasteiger charge is 2.10. The first-order chi connectivity index (χ1) is 6.71. The standard InChI is InChI=1S/C9H22O4SSi/c1-9(2,3)15-13-8-6-5-7-12-14(4,10)11/h5-8,15H2,1-4H3.